The fraction of sp³-hybridized carbons (Fsp3) is 0.286. The fourth-order valence-corrected chi connectivity index (χ4v) is 2.43. The lowest BCUT2D eigenvalue weighted by molar-refractivity contribution is 0.903. The van der Waals surface area contributed by atoms with Crippen molar-refractivity contribution in [3.63, 3.8) is 0 Å². The normalized spacial score (nSPS) is 10.7. The Hall–Kier alpha value is -1.36. The number of benzene rings is 1. The Morgan fingerprint density at radius 1 is 1.20 bits per heavy atom. The van der Waals surface area contributed by atoms with E-state index in [1.807, 2.05) is 26.0 Å². The summed E-state index contributed by atoms with van der Waals surface area (Å²) < 4.78 is 0. The van der Waals surface area contributed by atoms with Gasteiger partial charge in [-0.25, -0.2) is 15.8 Å². The highest BCUT2D eigenvalue weighted by Crippen LogP contribution is 2.24. The monoisotopic (exact) mass is 310 g/mol. The summed E-state index contributed by atoms with van der Waals surface area (Å²) in [5.74, 6) is 6.90. The molecule has 1 aromatic heterocycles. The molecule has 0 saturated carbocycles. The first-order valence-corrected chi connectivity index (χ1v) is 7.07. The molecule has 4 nitrogen and oxygen atoms in total. The molecule has 106 valence electrons. The number of anilines is 1. The smallest absolute Gasteiger partial charge is 0.147 e. The van der Waals surface area contributed by atoms with Gasteiger partial charge in [0.1, 0.15) is 11.6 Å². The second kappa shape index (κ2) is 6.39. The van der Waals surface area contributed by atoms with Crippen LogP contribution in [-0.4, -0.2) is 9.97 Å². The first-order valence-electron chi connectivity index (χ1n) is 6.32. The molecule has 0 spiro atoms. The maximum atomic E-state index is 6.01. The van der Waals surface area contributed by atoms with Crippen LogP contribution in [0.3, 0.4) is 0 Å². The number of nitrogens with zero attached hydrogens (tertiary/aromatic N) is 2. The Morgan fingerprint density at radius 2 is 1.95 bits per heavy atom. The average molecular weight is 311 g/mol. The van der Waals surface area contributed by atoms with Crippen LogP contribution in [0.15, 0.2) is 18.2 Å². The Balaban J connectivity index is 2.33. The van der Waals surface area contributed by atoms with Gasteiger partial charge in [0.15, 0.2) is 0 Å². The Kier molecular flexibility index (Phi) is 4.81. The van der Waals surface area contributed by atoms with E-state index < -0.39 is 0 Å². The molecular weight excluding hydrogens is 295 g/mol. The SMILES string of the molecule is CCc1c(C)nc(Cc2ccc(Cl)c(Cl)c2)nc1NN. The second-order valence-electron chi connectivity index (χ2n) is 4.48. The van der Waals surface area contributed by atoms with Crippen LogP contribution in [0.25, 0.3) is 0 Å². The maximum Gasteiger partial charge on any atom is 0.147 e. The molecule has 0 fully saturated rings. The minimum absolute atomic E-state index is 0.531. The molecule has 0 saturated heterocycles. The van der Waals surface area contributed by atoms with E-state index in [-0.39, 0.29) is 0 Å². The van der Waals surface area contributed by atoms with E-state index in [0.717, 1.165) is 23.2 Å². The van der Waals surface area contributed by atoms with Crippen molar-refractivity contribution in [2.75, 3.05) is 5.43 Å². The van der Waals surface area contributed by atoms with Crippen LogP contribution in [0.4, 0.5) is 5.82 Å². The molecule has 0 unspecified atom stereocenters. The zero-order chi connectivity index (χ0) is 14.7. The van der Waals surface area contributed by atoms with Crippen LogP contribution in [0, 0.1) is 6.92 Å². The van der Waals surface area contributed by atoms with Crippen molar-refractivity contribution in [1.82, 2.24) is 9.97 Å². The number of nitrogens with two attached hydrogens (primary N) is 1. The highest BCUT2D eigenvalue weighted by atomic mass is 35.5. The van der Waals surface area contributed by atoms with Crippen LogP contribution >= 0.6 is 23.2 Å². The summed E-state index contributed by atoms with van der Waals surface area (Å²) in [7, 11) is 0. The van der Waals surface area contributed by atoms with Gasteiger partial charge in [0.05, 0.1) is 10.0 Å². The van der Waals surface area contributed by atoms with Gasteiger partial charge in [0.2, 0.25) is 0 Å². The van der Waals surface area contributed by atoms with Gasteiger partial charge >= 0.3 is 0 Å². The molecule has 2 aromatic rings. The number of aryl methyl sites for hydroxylation is 1. The molecule has 0 amide bonds. The van der Waals surface area contributed by atoms with Gasteiger partial charge in [-0.1, -0.05) is 36.2 Å². The molecule has 3 N–H and O–H groups in total. The van der Waals surface area contributed by atoms with E-state index in [9.17, 15) is 0 Å². The number of hydrazine groups is 1. The van der Waals surface area contributed by atoms with Gasteiger partial charge in [0.25, 0.3) is 0 Å². The number of hydrogen-bond acceptors (Lipinski definition) is 4. The minimum atomic E-state index is 0.531. The van der Waals surface area contributed by atoms with Crippen LogP contribution in [-0.2, 0) is 12.8 Å². The van der Waals surface area contributed by atoms with Gasteiger partial charge in [-0.05, 0) is 31.0 Å². The van der Waals surface area contributed by atoms with E-state index in [1.54, 1.807) is 6.07 Å². The van der Waals surface area contributed by atoms with Crippen LogP contribution in [0.5, 0.6) is 0 Å². The zero-order valence-electron chi connectivity index (χ0n) is 11.4. The molecule has 0 aliphatic heterocycles. The molecule has 0 radical (unpaired) electrons. The predicted molar refractivity (Wildman–Crippen MR) is 83.2 cm³/mol. The standard InChI is InChI=1S/C14H16Cl2N4/c1-3-10-8(2)18-13(19-14(10)20-17)7-9-4-5-11(15)12(16)6-9/h4-6H,3,7,17H2,1-2H3,(H,18,19,20). The molecule has 20 heavy (non-hydrogen) atoms. The Labute approximate surface area is 128 Å². The molecule has 6 heteroatoms. The summed E-state index contributed by atoms with van der Waals surface area (Å²) in [6.07, 6.45) is 1.41. The third-order valence-corrected chi connectivity index (χ3v) is 3.84. The van der Waals surface area contributed by atoms with Crippen molar-refractivity contribution >= 4 is 29.0 Å². The summed E-state index contributed by atoms with van der Waals surface area (Å²) in [5, 5.41) is 1.07. The van der Waals surface area contributed by atoms with Crippen molar-refractivity contribution in [3.05, 3.63) is 50.9 Å². The summed E-state index contributed by atoms with van der Waals surface area (Å²) in [6.45, 7) is 4.00. The number of hydrogen-bond donors (Lipinski definition) is 2. The molecule has 0 aliphatic rings. The highest BCUT2D eigenvalue weighted by Gasteiger charge is 2.10. The van der Waals surface area contributed by atoms with Crippen LogP contribution in [0.2, 0.25) is 10.0 Å². The second-order valence-corrected chi connectivity index (χ2v) is 5.29. The van der Waals surface area contributed by atoms with Gasteiger partial charge in [0, 0.05) is 17.7 Å². The van der Waals surface area contributed by atoms with Gasteiger partial charge in [-0.15, -0.1) is 0 Å². The number of rotatable bonds is 4. The van der Waals surface area contributed by atoms with Crippen LogP contribution < -0.4 is 11.3 Å². The van der Waals surface area contributed by atoms with E-state index in [1.165, 1.54) is 0 Å². The predicted octanol–water partition coefficient (Wildman–Crippen LogP) is 3.53. The number of aromatic nitrogens is 2. The van der Waals surface area contributed by atoms with Gasteiger partial charge in [-0.3, -0.25) is 0 Å². The third kappa shape index (κ3) is 3.20. The lowest BCUT2D eigenvalue weighted by Crippen LogP contribution is -2.14. The van der Waals surface area contributed by atoms with Crippen molar-refractivity contribution in [2.45, 2.75) is 26.7 Å². The number of nitrogen functional groups attached to an aromatic ring is 1. The molecule has 0 bridgehead atoms. The van der Waals surface area contributed by atoms with E-state index >= 15 is 0 Å². The quantitative estimate of drug-likeness (QED) is 0.670. The summed E-state index contributed by atoms with van der Waals surface area (Å²) in [6, 6.07) is 5.51. The lowest BCUT2D eigenvalue weighted by Gasteiger charge is -2.11. The topological polar surface area (TPSA) is 63.8 Å². The molecule has 1 aromatic carbocycles. The largest absolute Gasteiger partial charge is 0.308 e. The number of nitrogens with one attached hydrogen (secondary N) is 1. The first-order chi connectivity index (χ1) is 9.55. The molecular formula is C14H16Cl2N4. The Bertz CT molecular complexity index is 629. The minimum Gasteiger partial charge on any atom is -0.308 e. The van der Waals surface area contributed by atoms with Gasteiger partial charge in [-0.2, -0.15) is 0 Å². The van der Waals surface area contributed by atoms with Gasteiger partial charge < -0.3 is 5.43 Å². The number of halogens is 2. The Morgan fingerprint density at radius 3 is 2.55 bits per heavy atom. The zero-order valence-corrected chi connectivity index (χ0v) is 12.9. The molecule has 0 atom stereocenters. The molecule has 0 aliphatic carbocycles. The van der Waals surface area contributed by atoms with Crippen LogP contribution in [0.1, 0.15) is 29.6 Å². The average Bonchev–Trinajstić information content (AvgIpc) is 2.42. The summed E-state index contributed by atoms with van der Waals surface area (Å²) in [4.78, 5) is 8.96. The van der Waals surface area contributed by atoms with E-state index in [0.29, 0.717) is 28.1 Å². The van der Waals surface area contributed by atoms with Crippen molar-refractivity contribution in [1.29, 1.82) is 0 Å². The summed E-state index contributed by atoms with van der Waals surface area (Å²) >= 11 is 11.9. The molecule has 1 heterocycles. The maximum absolute atomic E-state index is 6.01. The lowest BCUT2D eigenvalue weighted by atomic mass is 10.1. The molecule has 2 rings (SSSR count). The van der Waals surface area contributed by atoms with Crippen molar-refractivity contribution < 1.29 is 0 Å². The third-order valence-electron chi connectivity index (χ3n) is 3.10. The first kappa shape index (κ1) is 15.0. The highest BCUT2D eigenvalue weighted by molar-refractivity contribution is 6.42. The van der Waals surface area contributed by atoms with E-state index in [2.05, 4.69) is 15.4 Å². The van der Waals surface area contributed by atoms with Crippen molar-refractivity contribution in [3.8, 4) is 0 Å². The fourth-order valence-electron chi connectivity index (χ4n) is 2.11. The van der Waals surface area contributed by atoms with E-state index in [4.69, 9.17) is 29.0 Å². The van der Waals surface area contributed by atoms with Crippen molar-refractivity contribution in [2.24, 2.45) is 5.84 Å². The summed E-state index contributed by atoms with van der Waals surface area (Å²) in [5.41, 5.74) is 5.61.